The van der Waals surface area contributed by atoms with Gasteiger partial charge in [0.2, 0.25) is 5.95 Å². The molecule has 0 spiro atoms. The zero-order chi connectivity index (χ0) is 24.3. The van der Waals surface area contributed by atoms with Crippen molar-refractivity contribution in [1.29, 1.82) is 0 Å². The lowest BCUT2D eigenvalue weighted by Crippen LogP contribution is -2.52. The molecule has 0 N–H and O–H groups in total. The van der Waals surface area contributed by atoms with E-state index in [0.29, 0.717) is 24.4 Å². The van der Waals surface area contributed by atoms with Gasteiger partial charge >= 0.3 is 0 Å². The number of fused-ring (bicyclic) bond motifs is 1. The molecule has 1 aliphatic carbocycles. The van der Waals surface area contributed by atoms with Crippen LogP contribution in [0.4, 0.5) is 5.95 Å². The molecule has 1 saturated carbocycles. The lowest BCUT2D eigenvalue weighted by molar-refractivity contribution is 0.0760. The molecule has 3 aliphatic rings. The van der Waals surface area contributed by atoms with Gasteiger partial charge in [-0.3, -0.25) is 9.69 Å². The predicted molar refractivity (Wildman–Crippen MR) is 140 cm³/mol. The van der Waals surface area contributed by atoms with Gasteiger partial charge in [0.1, 0.15) is 11.5 Å². The summed E-state index contributed by atoms with van der Waals surface area (Å²) in [6.45, 7) is 5.44. The maximum atomic E-state index is 13.5. The summed E-state index contributed by atoms with van der Waals surface area (Å²) in [6, 6.07) is 17.9. The third-order valence-corrected chi connectivity index (χ3v) is 7.77. The molecule has 0 atom stereocenters. The summed E-state index contributed by atoms with van der Waals surface area (Å²) >= 11 is 0. The SMILES string of the molecule is O=C(c1ccccc1Oc1ccccc1)N1CCc2cnc(N3CCN(C4CCC4)CC3)nc2CC1. The van der Waals surface area contributed by atoms with Gasteiger partial charge in [-0.25, -0.2) is 9.97 Å². The Morgan fingerprint density at radius 3 is 2.39 bits per heavy atom. The molecule has 0 unspecified atom stereocenters. The highest BCUT2D eigenvalue weighted by atomic mass is 16.5. The summed E-state index contributed by atoms with van der Waals surface area (Å²) < 4.78 is 6.05. The van der Waals surface area contributed by atoms with Gasteiger partial charge in [0.05, 0.1) is 11.3 Å². The van der Waals surface area contributed by atoms with E-state index in [1.807, 2.05) is 65.7 Å². The Labute approximate surface area is 212 Å². The van der Waals surface area contributed by atoms with Gasteiger partial charge in [0, 0.05) is 57.9 Å². The molecule has 2 aromatic carbocycles. The Kier molecular flexibility index (Phi) is 6.55. The first kappa shape index (κ1) is 23.0. The van der Waals surface area contributed by atoms with Crippen molar-refractivity contribution in [3.05, 3.63) is 77.6 Å². The molecule has 186 valence electrons. The predicted octanol–water partition coefficient (Wildman–Crippen LogP) is 4.18. The van der Waals surface area contributed by atoms with E-state index in [1.54, 1.807) is 0 Å². The average Bonchev–Trinajstić information content (AvgIpc) is 3.11. The number of hydrogen-bond acceptors (Lipinski definition) is 6. The number of para-hydroxylation sites is 2. The van der Waals surface area contributed by atoms with Crippen LogP contribution in [-0.2, 0) is 12.8 Å². The molecule has 3 heterocycles. The van der Waals surface area contributed by atoms with Crippen LogP contribution >= 0.6 is 0 Å². The topological polar surface area (TPSA) is 61.8 Å². The Bertz CT molecular complexity index is 1210. The fourth-order valence-corrected chi connectivity index (χ4v) is 5.38. The number of anilines is 1. The minimum Gasteiger partial charge on any atom is -0.457 e. The molecular formula is C29H33N5O2. The summed E-state index contributed by atoms with van der Waals surface area (Å²) in [7, 11) is 0. The largest absolute Gasteiger partial charge is 0.457 e. The Morgan fingerprint density at radius 1 is 0.861 bits per heavy atom. The number of amides is 1. The number of nitrogens with zero attached hydrogens (tertiary/aromatic N) is 5. The van der Waals surface area contributed by atoms with Gasteiger partial charge in [-0.15, -0.1) is 0 Å². The van der Waals surface area contributed by atoms with E-state index in [0.717, 1.165) is 68.0 Å². The lowest BCUT2D eigenvalue weighted by atomic mass is 9.91. The van der Waals surface area contributed by atoms with Crippen molar-refractivity contribution in [3.63, 3.8) is 0 Å². The van der Waals surface area contributed by atoms with Crippen LogP contribution in [-0.4, -0.2) is 71.0 Å². The zero-order valence-corrected chi connectivity index (χ0v) is 20.7. The van der Waals surface area contributed by atoms with Crippen molar-refractivity contribution in [3.8, 4) is 11.5 Å². The normalized spacial score (nSPS) is 18.8. The third-order valence-electron chi connectivity index (χ3n) is 7.77. The molecule has 1 aromatic heterocycles. The zero-order valence-electron chi connectivity index (χ0n) is 20.7. The number of hydrogen-bond donors (Lipinski definition) is 0. The highest BCUT2D eigenvalue weighted by Crippen LogP contribution is 2.28. The van der Waals surface area contributed by atoms with Crippen LogP contribution in [0.25, 0.3) is 0 Å². The summed E-state index contributed by atoms with van der Waals surface area (Å²) in [5.74, 6) is 2.13. The quantitative estimate of drug-likeness (QED) is 0.543. The second-order valence-corrected chi connectivity index (χ2v) is 9.95. The van der Waals surface area contributed by atoms with Crippen LogP contribution in [0.15, 0.2) is 60.8 Å². The van der Waals surface area contributed by atoms with Crippen molar-refractivity contribution in [2.75, 3.05) is 44.2 Å². The summed E-state index contributed by atoms with van der Waals surface area (Å²) in [5, 5.41) is 0. The molecule has 0 radical (unpaired) electrons. The first-order valence-corrected chi connectivity index (χ1v) is 13.2. The minimum absolute atomic E-state index is 0.00497. The second kappa shape index (κ2) is 10.3. The van der Waals surface area contributed by atoms with Crippen molar-refractivity contribution >= 4 is 11.9 Å². The maximum Gasteiger partial charge on any atom is 0.257 e. The first-order valence-electron chi connectivity index (χ1n) is 13.2. The standard InChI is InChI=1S/C29H33N5O2/c35-28(25-11-4-5-12-27(25)36-24-9-2-1-3-10-24)33-15-13-22-21-30-29(31-26(22)14-16-33)34-19-17-32(18-20-34)23-7-6-8-23/h1-5,9-12,21,23H,6-8,13-20H2. The molecule has 1 saturated heterocycles. The van der Waals surface area contributed by atoms with Gasteiger partial charge in [0.15, 0.2) is 0 Å². The van der Waals surface area contributed by atoms with Crippen LogP contribution in [0.2, 0.25) is 0 Å². The van der Waals surface area contributed by atoms with E-state index in [-0.39, 0.29) is 5.91 Å². The van der Waals surface area contributed by atoms with Crippen LogP contribution < -0.4 is 9.64 Å². The molecule has 1 amide bonds. The number of piperazine rings is 1. The number of ether oxygens (including phenoxy) is 1. The number of rotatable bonds is 5. The molecule has 6 rings (SSSR count). The van der Waals surface area contributed by atoms with E-state index in [4.69, 9.17) is 14.7 Å². The van der Waals surface area contributed by atoms with Crippen molar-refractivity contribution in [2.45, 2.75) is 38.1 Å². The Morgan fingerprint density at radius 2 is 1.61 bits per heavy atom. The van der Waals surface area contributed by atoms with E-state index in [9.17, 15) is 4.79 Å². The smallest absolute Gasteiger partial charge is 0.257 e. The second-order valence-electron chi connectivity index (χ2n) is 9.95. The summed E-state index contributed by atoms with van der Waals surface area (Å²) in [6.07, 6.45) is 7.57. The van der Waals surface area contributed by atoms with Crippen LogP contribution in [0, 0.1) is 0 Å². The number of benzene rings is 2. The highest BCUT2D eigenvalue weighted by Gasteiger charge is 2.29. The molecule has 7 heteroatoms. The Hall–Kier alpha value is -3.45. The Balaban J connectivity index is 1.12. The van der Waals surface area contributed by atoms with Gasteiger partial charge in [-0.05, 0) is 49.1 Å². The van der Waals surface area contributed by atoms with Crippen LogP contribution in [0.5, 0.6) is 11.5 Å². The lowest BCUT2D eigenvalue weighted by Gasteiger charge is -2.43. The van der Waals surface area contributed by atoms with Gasteiger partial charge < -0.3 is 14.5 Å². The summed E-state index contributed by atoms with van der Waals surface area (Å²) in [5.41, 5.74) is 2.81. The number of carbonyl (C=O) groups excluding carboxylic acids is 1. The molecule has 2 aliphatic heterocycles. The highest BCUT2D eigenvalue weighted by molar-refractivity contribution is 5.97. The first-order chi connectivity index (χ1) is 17.7. The van der Waals surface area contributed by atoms with Crippen LogP contribution in [0.1, 0.15) is 40.9 Å². The average molecular weight is 484 g/mol. The third kappa shape index (κ3) is 4.80. The molecule has 36 heavy (non-hydrogen) atoms. The molecule has 7 nitrogen and oxygen atoms in total. The van der Waals surface area contributed by atoms with E-state index < -0.39 is 0 Å². The fourth-order valence-electron chi connectivity index (χ4n) is 5.38. The fraction of sp³-hybridized carbons (Fsp3) is 0.414. The van der Waals surface area contributed by atoms with Crippen LogP contribution in [0.3, 0.4) is 0 Å². The maximum absolute atomic E-state index is 13.5. The molecule has 2 fully saturated rings. The van der Waals surface area contributed by atoms with E-state index in [2.05, 4.69) is 9.80 Å². The number of aromatic nitrogens is 2. The number of carbonyl (C=O) groups is 1. The van der Waals surface area contributed by atoms with Gasteiger partial charge in [-0.2, -0.15) is 0 Å². The summed E-state index contributed by atoms with van der Waals surface area (Å²) in [4.78, 5) is 30.1. The minimum atomic E-state index is -0.00497. The monoisotopic (exact) mass is 483 g/mol. The van der Waals surface area contributed by atoms with Gasteiger partial charge in [0.25, 0.3) is 5.91 Å². The van der Waals surface area contributed by atoms with E-state index >= 15 is 0 Å². The van der Waals surface area contributed by atoms with Crippen molar-refractivity contribution in [1.82, 2.24) is 19.8 Å². The van der Waals surface area contributed by atoms with Gasteiger partial charge in [-0.1, -0.05) is 36.8 Å². The molecule has 3 aromatic rings. The molecule has 0 bridgehead atoms. The van der Waals surface area contributed by atoms with Crippen molar-refractivity contribution in [2.24, 2.45) is 0 Å². The van der Waals surface area contributed by atoms with E-state index in [1.165, 1.54) is 19.3 Å². The molecular weight excluding hydrogens is 450 g/mol. The van der Waals surface area contributed by atoms with Crippen molar-refractivity contribution < 1.29 is 9.53 Å².